The molecule has 0 saturated heterocycles. The number of rotatable bonds is 9. The first kappa shape index (κ1) is 45.1. The third-order valence-electron chi connectivity index (χ3n) is 9.71. The lowest BCUT2D eigenvalue weighted by Gasteiger charge is -2.09. The highest BCUT2D eigenvalue weighted by Gasteiger charge is 2.10. The van der Waals surface area contributed by atoms with Crippen molar-refractivity contribution in [1.29, 1.82) is 5.53 Å². The van der Waals surface area contributed by atoms with E-state index in [1.807, 2.05) is 85.8 Å². The van der Waals surface area contributed by atoms with Crippen LogP contribution in [-0.2, 0) is 0 Å². The van der Waals surface area contributed by atoms with Gasteiger partial charge in [-0.05, 0) is 98.5 Å². The number of nitrogens with two attached hydrogens (primary N) is 2. The monoisotopic (exact) mass is 817 g/mol. The second-order valence-electron chi connectivity index (χ2n) is 14.3. The molecular formula is C55H55N5S. The van der Waals surface area contributed by atoms with Crippen molar-refractivity contribution in [3.05, 3.63) is 240 Å². The number of para-hydroxylation sites is 1. The Kier molecular flexibility index (Phi) is 17.9. The van der Waals surface area contributed by atoms with Gasteiger partial charge in [0.2, 0.25) is 0 Å². The highest BCUT2D eigenvalue weighted by atomic mass is 32.1. The van der Waals surface area contributed by atoms with Crippen molar-refractivity contribution in [2.24, 2.45) is 21.6 Å². The molecule has 1 aliphatic rings. The summed E-state index contributed by atoms with van der Waals surface area (Å²) in [5.74, 6) is 0. The molecule has 1 atom stereocenters. The fourth-order valence-corrected chi connectivity index (χ4v) is 7.71. The molecule has 1 unspecified atom stereocenters. The van der Waals surface area contributed by atoms with Crippen molar-refractivity contribution in [2.75, 3.05) is 0 Å². The summed E-state index contributed by atoms with van der Waals surface area (Å²) in [6.07, 6.45) is 20.4. The average Bonchev–Trinajstić information content (AvgIpc) is 3.69. The Labute approximate surface area is 365 Å². The van der Waals surface area contributed by atoms with Gasteiger partial charge in [0.25, 0.3) is 0 Å². The molecule has 8 rings (SSSR count). The van der Waals surface area contributed by atoms with Gasteiger partial charge < -0.3 is 11.5 Å². The summed E-state index contributed by atoms with van der Waals surface area (Å²) < 4.78 is 2.55. The van der Waals surface area contributed by atoms with Gasteiger partial charge in [-0.2, -0.15) is 5.11 Å². The number of fused-ring (bicyclic) bond motifs is 3. The molecule has 5 N–H and O–H groups in total. The molecule has 5 nitrogen and oxygen atoms in total. The summed E-state index contributed by atoms with van der Waals surface area (Å²) in [7, 11) is 0. The number of nitrogens with one attached hydrogen (secondary N) is 1. The summed E-state index contributed by atoms with van der Waals surface area (Å²) >= 11 is 1.80. The predicted octanol–water partition coefficient (Wildman–Crippen LogP) is 15.4. The Morgan fingerprint density at radius 1 is 0.721 bits per heavy atom. The first-order chi connectivity index (χ1) is 29.8. The van der Waals surface area contributed by atoms with Gasteiger partial charge in [-0.1, -0.05) is 181 Å². The van der Waals surface area contributed by atoms with Crippen LogP contribution in [0.2, 0.25) is 0 Å². The summed E-state index contributed by atoms with van der Waals surface area (Å²) in [4.78, 5) is 4.22. The number of thiophene rings is 1. The van der Waals surface area contributed by atoms with E-state index in [2.05, 4.69) is 140 Å². The van der Waals surface area contributed by atoms with E-state index < -0.39 is 0 Å². The van der Waals surface area contributed by atoms with Crippen LogP contribution in [0.5, 0.6) is 0 Å². The van der Waals surface area contributed by atoms with Gasteiger partial charge in [-0.3, -0.25) is 4.99 Å². The van der Waals surface area contributed by atoms with Gasteiger partial charge in [0.15, 0.2) is 0 Å². The maximum atomic E-state index is 6.57. The first-order valence-electron chi connectivity index (χ1n) is 20.4. The molecule has 6 aromatic carbocycles. The minimum Gasteiger partial charge on any atom is -0.404 e. The number of benzene rings is 6. The third-order valence-corrected chi connectivity index (χ3v) is 10.8. The fraction of sp³-hybridized carbons (Fsp3) is 0.109. The molecule has 1 heterocycles. The van der Waals surface area contributed by atoms with Crippen molar-refractivity contribution in [3.63, 3.8) is 0 Å². The quantitative estimate of drug-likeness (QED) is 0.0768. The Morgan fingerprint density at radius 3 is 1.93 bits per heavy atom. The molecule has 61 heavy (non-hydrogen) atoms. The van der Waals surface area contributed by atoms with E-state index in [9.17, 15) is 0 Å². The van der Waals surface area contributed by atoms with Crippen LogP contribution < -0.4 is 11.5 Å². The largest absolute Gasteiger partial charge is 0.404 e. The lowest BCUT2D eigenvalue weighted by molar-refractivity contribution is 0.911. The van der Waals surface area contributed by atoms with Crippen LogP contribution in [0.15, 0.2) is 228 Å². The normalized spacial score (nSPS) is 13.0. The molecule has 0 spiro atoms. The summed E-state index contributed by atoms with van der Waals surface area (Å²) in [6.45, 7) is 9.98. The SMILES string of the molecule is C/C=C/C=C\C(=C/N)C1=CCCC=C1.C=N/C(=C\C(N)c1ccccc1)c1ccc2c(c1)sc1ccccc12.Cc1cccc(-c2cccc(C)c2)c1.N=Nc1ccccc1. The molecule has 1 aliphatic carbocycles. The van der Waals surface area contributed by atoms with Crippen molar-refractivity contribution < 1.29 is 0 Å². The van der Waals surface area contributed by atoms with E-state index in [0.29, 0.717) is 5.69 Å². The Balaban J connectivity index is 0.000000167. The van der Waals surface area contributed by atoms with E-state index in [0.717, 1.165) is 35.2 Å². The minimum absolute atomic E-state index is 0.209. The van der Waals surface area contributed by atoms with E-state index in [1.165, 1.54) is 48.0 Å². The lowest BCUT2D eigenvalue weighted by Crippen LogP contribution is -2.07. The van der Waals surface area contributed by atoms with Gasteiger partial charge in [-0.25, -0.2) is 5.53 Å². The topological polar surface area (TPSA) is 101 Å². The van der Waals surface area contributed by atoms with Crippen LogP contribution in [0.25, 0.3) is 37.0 Å². The Morgan fingerprint density at radius 2 is 1.36 bits per heavy atom. The molecule has 0 aliphatic heterocycles. The molecule has 0 amide bonds. The van der Waals surface area contributed by atoms with Gasteiger partial charge in [0.1, 0.15) is 0 Å². The molecule has 1 aromatic heterocycles. The number of hydrogen-bond donors (Lipinski definition) is 3. The van der Waals surface area contributed by atoms with Crippen LogP contribution in [0, 0.1) is 19.4 Å². The van der Waals surface area contributed by atoms with Crippen LogP contribution in [0.3, 0.4) is 0 Å². The number of aliphatic imine (C=N–C) groups is 1. The number of aryl methyl sites for hydroxylation is 2. The molecular weight excluding hydrogens is 763 g/mol. The number of allylic oxidation sites excluding steroid dienone is 9. The summed E-state index contributed by atoms with van der Waals surface area (Å²) in [5, 5.41) is 5.80. The van der Waals surface area contributed by atoms with Crippen molar-refractivity contribution in [3.8, 4) is 11.1 Å². The minimum atomic E-state index is -0.209. The summed E-state index contributed by atoms with van der Waals surface area (Å²) in [6, 6.07) is 51.1. The van der Waals surface area contributed by atoms with E-state index in [4.69, 9.17) is 17.0 Å². The Bertz CT molecular complexity index is 2640. The fourth-order valence-electron chi connectivity index (χ4n) is 6.56. The maximum Gasteiger partial charge on any atom is 0.0849 e. The van der Waals surface area contributed by atoms with Gasteiger partial charge in [0, 0.05) is 31.9 Å². The highest BCUT2D eigenvalue weighted by Crippen LogP contribution is 2.35. The molecule has 0 fully saturated rings. The smallest absolute Gasteiger partial charge is 0.0849 e. The standard InChI is InChI=1S/C22H18N2S.C14H14.C13H17N.C6H6N2/c1-24-20(14-19(23)15-7-3-2-4-8-15)16-11-12-18-17-9-5-6-10-21(17)25-22(18)13-16;1-11-5-3-7-13(9-11)14-8-4-6-12(2)10-14;1-2-3-5-10-13(11-14)12-8-6-4-7-9-12;7-8-6-4-2-1-3-5-6/h2-14,19H,1,23H2;3-10H,1-2H3;2-3,5-6,8-11H,4,7,14H2,1H3;1-5,7H/b20-14-;;3-2+,10-5-,13-11+;. The molecule has 7 aromatic rings. The van der Waals surface area contributed by atoms with Crippen molar-refractivity contribution in [2.45, 2.75) is 39.7 Å². The van der Waals surface area contributed by atoms with Crippen LogP contribution >= 0.6 is 11.3 Å². The van der Waals surface area contributed by atoms with E-state index in [-0.39, 0.29) is 6.04 Å². The maximum absolute atomic E-state index is 6.57. The molecule has 6 heteroatoms. The van der Waals surface area contributed by atoms with E-state index >= 15 is 0 Å². The third kappa shape index (κ3) is 13.8. The van der Waals surface area contributed by atoms with Gasteiger partial charge >= 0.3 is 0 Å². The second-order valence-corrected chi connectivity index (χ2v) is 15.4. The van der Waals surface area contributed by atoms with E-state index in [1.54, 1.807) is 29.7 Å². The predicted molar refractivity (Wildman–Crippen MR) is 266 cm³/mol. The molecule has 0 radical (unpaired) electrons. The zero-order valence-corrected chi connectivity index (χ0v) is 36.1. The number of nitrogens with zero attached hydrogens (tertiary/aromatic N) is 2. The summed E-state index contributed by atoms with van der Waals surface area (Å²) in [5.41, 5.74) is 29.6. The number of hydrogen-bond acceptors (Lipinski definition) is 6. The van der Waals surface area contributed by atoms with Crippen LogP contribution in [0.4, 0.5) is 5.69 Å². The molecule has 0 saturated carbocycles. The average molecular weight is 818 g/mol. The Hall–Kier alpha value is -6.99. The van der Waals surface area contributed by atoms with Gasteiger partial charge in [0.05, 0.1) is 17.4 Å². The first-order valence-corrected chi connectivity index (χ1v) is 21.2. The highest BCUT2D eigenvalue weighted by molar-refractivity contribution is 7.25. The zero-order valence-electron chi connectivity index (χ0n) is 35.3. The van der Waals surface area contributed by atoms with Crippen LogP contribution in [-0.4, -0.2) is 6.72 Å². The van der Waals surface area contributed by atoms with Crippen LogP contribution in [0.1, 0.15) is 48.1 Å². The van der Waals surface area contributed by atoms with Crippen molar-refractivity contribution >= 4 is 49.6 Å². The van der Waals surface area contributed by atoms with Gasteiger partial charge in [-0.15, -0.1) is 11.3 Å². The molecule has 0 bridgehead atoms. The lowest BCUT2D eigenvalue weighted by atomic mass is 10.00. The molecule has 306 valence electrons. The second kappa shape index (κ2) is 24.2. The van der Waals surface area contributed by atoms with Crippen molar-refractivity contribution in [1.82, 2.24) is 0 Å². The zero-order chi connectivity index (χ0) is 43.2.